The van der Waals surface area contributed by atoms with E-state index >= 15 is 0 Å². The van der Waals surface area contributed by atoms with Gasteiger partial charge in [-0.2, -0.15) is 0 Å². The third-order valence-electron chi connectivity index (χ3n) is 6.95. The zero-order valence-corrected chi connectivity index (χ0v) is 22.0. The van der Waals surface area contributed by atoms with E-state index in [1.54, 1.807) is 0 Å². The number of thiocarbonyl (C=S) groups is 1. The van der Waals surface area contributed by atoms with Gasteiger partial charge in [-0.15, -0.1) is 5.10 Å². The maximum Gasteiger partial charge on any atom is 0.162 e. The highest BCUT2D eigenvalue weighted by atomic mass is 35.5. The Kier molecular flexibility index (Phi) is 5.90. The second-order valence-corrected chi connectivity index (χ2v) is 10.4. The topological polar surface area (TPSA) is 34.3 Å². The molecule has 1 aliphatic heterocycles. The van der Waals surface area contributed by atoms with Crippen LogP contribution in [0.15, 0.2) is 72.8 Å². The summed E-state index contributed by atoms with van der Waals surface area (Å²) in [4.78, 5) is 0.648. The van der Waals surface area contributed by atoms with Crippen molar-refractivity contribution in [2.45, 2.75) is 39.7 Å². The molecule has 6 heteroatoms. The Morgan fingerprint density at radius 1 is 0.861 bits per heavy atom. The highest BCUT2D eigenvalue weighted by molar-refractivity contribution is 7.81. The fraction of sp³-hybridized carbons (Fsp3) is 0.200. The van der Waals surface area contributed by atoms with Crippen molar-refractivity contribution in [2.75, 3.05) is 5.32 Å². The van der Waals surface area contributed by atoms with E-state index in [-0.39, 0.29) is 0 Å². The summed E-state index contributed by atoms with van der Waals surface area (Å²) in [6.07, 6.45) is 3.25. The predicted octanol–water partition coefficient (Wildman–Crippen LogP) is 7.86. The minimum Gasteiger partial charge on any atom is -0.345 e. The first-order chi connectivity index (χ1) is 17.5. The number of nitrogens with one attached hydrogen (secondary N) is 1. The molecule has 36 heavy (non-hydrogen) atoms. The molecule has 0 radical (unpaired) electrons. The van der Waals surface area contributed by atoms with Crippen LogP contribution in [0.1, 0.15) is 35.2 Å². The first-order valence-electron chi connectivity index (χ1n) is 12.3. The van der Waals surface area contributed by atoms with Crippen molar-refractivity contribution in [3.63, 3.8) is 0 Å². The zero-order chi connectivity index (χ0) is 24.8. The van der Waals surface area contributed by atoms with E-state index in [0.29, 0.717) is 10.0 Å². The summed E-state index contributed by atoms with van der Waals surface area (Å²) in [5.41, 5.74) is 10.2. The number of aryl methyl sites for hydroxylation is 4. The molecule has 1 aliphatic rings. The van der Waals surface area contributed by atoms with E-state index in [0.717, 1.165) is 54.2 Å². The van der Waals surface area contributed by atoms with Crippen LogP contribution in [0.3, 0.4) is 0 Å². The first-order valence-corrected chi connectivity index (χ1v) is 13.1. The molecule has 0 saturated heterocycles. The van der Waals surface area contributed by atoms with E-state index in [4.69, 9.17) is 28.9 Å². The number of anilines is 1. The van der Waals surface area contributed by atoms with Crippen LogP contribution in [0.5, 0.6) is 0 Å². The van der Waals surface area contributed by atoms with Gasteiger partial charge >= 0.3 is 0 Å². The lowest BCUT2D eigenvalue weighted by Crippen LogP contribution is -2.14. The van der Waals surface area contributed by atoms with Crippen LogP contribution in [-0.2, 0) is 13.0 Å². The van der Waals surface area contributed by atoms with Gasteiger partial charge in [-0.25, -0.2) is 4.52 Å². The van der Waals surface area contributed by atoms with Crippen LogP contribution in [0, 0.1) is 13.8 Å². The summed E-state index contributed by atoms with van der Waals surface area (Å²) >= 11 is 12.2. The van der Waals surface area contributed by atoms with Crippen LogP contribution >= 0.6 is 23.8 Å². The molecule has 0 amide bonds. The van der Waals surface area contributed by atoms with Crippen LogP contribution in [0.4, 0.5) is 5.69 Å². The Morgan fingerprint density at radius 3 is 2.17 bits per heavy atom. The summed E-state index contributed by atoms with van der Waals surface area (Å²) in [5.74, 6) is 0.985. The number of aromatic nitrogens is 3. The first kappa shape index (κ1) is 23.0. The minimum atomic E-state index is 0.648. The second-order valence-electron chi connectivity index (χ2n) is 9.56. The van der Waals surface area contributed by atoms with Crippen molar-refractivity contribution in [2.24, 2.45) is 0 Å². The molecule has 0 spiro atoms. The molecule has 3 aromatic carbocycles. The Labute approximate surface area is 221 Å². The lowest BCUT2D eigenvalue weighted by molar-refractivity contribution is 0.645. The molecule has 0 fully saturated rings. The summed E-state index contributed by atoms with van der Waals surface area (Å²) in [6.45, 7) is 5.17. The van der Waals surface area contributed by atoms with Gasteiger partial charge in [0.15, 0.2) is 5.82 Å². The van der Waals surface area contributed by atoms with E-state index in [1.807, 2.05) is 24.3 Å². The summed E-state index contributed by atoms with van der Waals surface area (Å²) in [6, 6.07) is 25.0. The molecule has 1 N–H and O–H groups in total. The van der Waals surface area contributed by atoms with Gasteiger partial charge in [0, 0.05) is 33.9 Å². The Morgan fingerprint density at radius 2 is 1.50 bits per heavy atom. The average Bonchev–Trinajstić information content (AvgIpc) is 3.29. The third-order valence-corrected chi connectivity index (χ3v) is 7.50. The van der Waals surface area contributed by atoms with Gasteiger partial charge in [0.05, 0.1) is 0 Å². The fourth-order valence-corrected chi connectivity index (χ4v) is 5.55. The number of benzene rings is 3. The molecule has 3 heterocycles. The second kappa shape index (κ2) is 9.23. The molecule has 0 saturated carbocycles. The van der Waals surface area contributed by atoms with Crippen molar-refractivity contribution in [3.8, 4) is 22.5 Å². The Hall–Kier alpha value is -3.41. The number of hydrogen-bond donors (Lipinski definition) is 1. The van der Waals surface area contributed by atoms with Gasteiger partial charge in [0.1, 0.15) is 16.3 Å². The van der Waals surface area contributed by atoms with Crippen molar-refractivity contribution in [3.05, 3.63) is 100 Å². The monoisotopic (exact) mass is 510 g/mol. The van der Waals surface area contributed by atoms with E-state index in [2.05, 4.69) is 76.8 Å². The number of nitrogens with zero attached hydrogens (tertiary/aromatic N) is 3. The van der Waals surface area contributed by atoms with Crippen LogP contribution in [-0.4, -0.2) is 19.2 Å². The van der Waals surface area contributed by atoms with Gasteiger partial charge < -0.3 is 9.88 Å². The maximum absolute atomic E-state index is 6.12. The minimum absolute atomic E-state index is 0.648. The lowest BCUT2D eigenvalue weighted by atomic mass is 9.97. The summed E-state index contributed by atoms with van der Waals surface area (Å²) in [5, 5.41) is 9.35. The Bertz CT molecular complexity index is 1580. The smallest absolute Gasteiger partial charge is 0.162 e. The van der Waals surface area contributed by atoms with Crippen LogP contribution in [0.25, 0.3) is 28.2 Å². The van der Waals surface area contributed by atoms with Gasteiger partial charge in [-0.1, -0.05) is 83.5 Å². The van der Waals surface area contributed by atoms with Crippen LogP contribution in [0.2, 0.25) is 5.02 Å². The summed E-state index contributed by atoms with van der Waals surface area (Å²) < 4.78 is 4.47. The van der Waals surface area contributed by atoms with Crippen LogP contribution < -0.4 is 5.32 Å². The molecule has 4 nitrogen and oxygen atoms in total. The van der Waals surface area contributed by atoms with Crippen molar-refractivity contribution < 1.29 is 0 Å². The van der Waals surface area contributed by atoms with Crippen molar-refractivity contribution in [1.82, 2.24) is 14.2 Å². The highest BCUT2D eigenvalue weighted by Crippen LogP contribution is 2.39. The average molecular weight is 511 g/mol. The largest absolute Gasteiger partial charge is 0.345 e. The predicted molar refractivity (Wildman–Crippen MR) is 153 cm³/mol. The van der Waals surface area contributed by atoms with Gasteiger partial charge in [-0.3, -0.25) is 0 Å². The maximum atomic E-state index is 6.12. The van der Waals surface area contributed by atoms with Gasteiger partial charge in [-0.05, 0) is 62.9 Å². The SMILES string of the molecule is Cc1ccc(-c2c3c4n(c(-c5ccc(C)cc5)nn4c2C(=S)Nc2ccc(Cl)cc2)CCCC3)cc1. The van der Waals surface area contributed by atoms with E-state index in [1.165, 1.54) is 27.8 Å². The number of hydrogen-bond acceptors (Lipinski definition) is 2. The molecule has 0 aliphatic carbocycles. The fourth-order valence-electron chi connectivity index (χ4n) is 5.12. The lowest BCUT2D eigenvalue weighted by Gasteiger charge is -2.12. The molecule has 6 rings (SSSR count). The molecule has 2 aromatic heterocycles. The summed E-state index contributed by atoms with van der Waals surface area (Å²) in [7, 11) is 0. The molecule has 0 bridgehead atoms. The number of rotatable bonds is 4. The number of halogens is 1. The van der Waals surface area contributed by atoms with Crippen molar-refractivity contribution >= 4 is 40.1 Å². The standard InChI is InChI=1S/C30H27ClN4S/c1-19-6-10-21(11-7-19)26-25-5-3-4-18-34-28(22-12-8-20(2)9-13-22)33-35(30(25)34)27(26)29(36)32-24-16-14-23(31)15-17-24/h6-17H,3-5,18H2,1-2H3,(H,32,36). The highest BCUT2D eigenvalue weighted by Gasteiger charge is 2.29. The molecular weight excluding hydrogens is 484 g/mol. The quantitative estimate of drug-likeness (QED) is 0.250. The molecule has 5 aromatic rings. The molecular formula is C30H27ClN4S. The molecule has 0 atom stereocenters. The normalized spacial score (nSPS) is 13.1. The van der Waals surface area contributed by atoms with Gasteiger partial charge in [0.2, 0.25) is 0 Å². The van der Waals surface area contributed by atoms with Crippen molar-refractivity contribution in [1.29, 1.82) is 0 Å². The molecule has 180 valence electrons. The Balaban J connectivity index is 1.60. The van der Waals surface area contributed by atoms with E-state index < -0.39 is 0 Å². The zero-order valence-electron chi connectivity index (χ0n) is 20.4. The molecule has 0 unspecified atom stereocenters. The van der Waals surface area contributed by atoms with Gasteiger partial charge in [0.25, 0.3) is 0 Å². The third kappa shape index (κ3) is 4.02. The van der Waals surface area contributed by atoms with E-state index in [9.17, 15) is 0 Å².